The molecule has 0 unspecified atom stereocenters. The van der Waals surface area contributed by atoms with E-state index in [4.69, 9.17) is 0 Å². The van der Waals surface area contributed by atoms with Gasteiger partial charge >= 0.3 is 0 Å². The maximum atomic E-state index is 10.0. The Balaban J connectivity index is 3.24. The first-order chi connectivity index (χ1) is 11.4. The van der Waals surface area contributed by atoms with E-state index >= 15 is 0 Å². The van der Waals surface area contributed by atoms with E-state index in [-0.39, 0.29) is 0 Å². The van der Waals surface area contributed by atoms with Crippen molar-refractivity contribution in [3.05, 3.63) is 48.6 Å². The van der Waals surface area contributed by atoms with Gasteiger partial charge in [0.1, 0.15) is 6.29 Å². The zero-order valence-corrected chi connectivity index (χ0v) is 15.1. The minimum Gasteiger partial charge on any atom is -0.299 e. The van der Waals surface area contributed by atoms with Gasteiger partial charge in [-0.15, -0.1) is 0 Å². The van der Waals surface area contributed by atoms with E-state index in [2.05, 4.69) is 19.1 Å². The van der Waals surface area contributed by atoms with Crippen LogP contribution in [-0.4, -0.2) is 6.29 Å². The summed E-state index contributed by atoms with van der Waals surface area (Å²) in [5.41, 5.74) is 0. The molecule has 0 rings (SSSR count). The number of carbonyl (C=O) groups excluding carboxylic acids is 1. The smallest absolute Gasteiger partial charge is 0.142 e. The summed E-state index contributed by atoms with van der Waals surface area (Å²) >= 11 is 0. The lowest BCUT2D eigenvalue weighted by molar-refractivity contribution is -0.104. The number of hydrogen-bond acceptors (Lipinski definition) is 1. The molecule has 0 spiro atoms. The number of unbranched alkanes of at least 4 members (excludes halogenated alkanes) is 11. The lowest BCUT2D eigenvalue weighted by Gasteiger charge is -2.01. The van der Waals surface area contributed by atoms with Gasteiger partial charge in [-0.05, 0) is 18.9 Å². The summed E-state index contributed by atoms with van der Waals surface area (Å²) in [6.45, 7) is 2.28. The van der Waals surface area contributed by atoms with Gasteiger partial charge in [-0.25, -0.2) is 0 Å². The Morgan fingerprint density at radius 1 is 0.522 bits per heavy atom. The molecule has 0 bridgehead atoms. The van der Waals surface area contributed by atoms with Crippen LogP contribution in [-0.2, 0) is 4.79 Å². The van der Waals surface area contributed by atoms with Crippen molar-refractivity contribution in [1.29, 1.82) is 0 Å². The Kier molecular flexibility index (Phi) is 19.4. The molecule has 0 amide bonds. The monoisotopic (exact) mass is 316 g/mol. The first-order valence-corrected chi connectivity index (χ1v) is 9.52. The van der Waals surface area contributed by atoms with Gasteiger partial charge in [-0.3, -0.25) is 4.79 Å². The zero-order valence-electron chi connectivity index (χ0n) is 15.1. The van der Waals surface area contributed by atoms with E-state index in [0.29, 0.717) is 0 Å². The molecule has 0 radical (unpaired) electrons. The molecule has 0 N–H and O–H groups in total. The molecule has 0 aromatic heterocycles. The summed E-state index contributed by atoms with van der Waals surface area (Å²) in [5, 5.41) is 0. The zero-order chi connectivity index (χ0) is 16.8. The standard InChI is InChI=1S/C22H36O/c1-2-3-4-5-6-7-8-9-10-11-12-13-14-15-16-17-18-19-20-21-22-23/h14-22H,2-13H2,1H3/b15-14+,17-16+,19-18+,21-20+. The van der Waals surface area contributed by atoms with Crippen molar-refractivity contribution in [2.45, 2.75) is 84.0 Å². The highest BCUT2D eigenvalue weighted by Crippen LogP contribution is 2.11. The Bertz CT molecular complexity index is 347. The van der Waals surface area contributed by atoms with Crippen molar-refractivity contribution in [1.82, 2.24) is 0 Å². The normalized spacial score (nSPS) is 12.4. The molecule has 0 saturated heterocycles. The molecule has 0 aliphatic rings. The Labute approximate surface area is 144 Å². The molecule has 130 valence electrons. The van der Waals surface area contributed by atoms with Crippen LogP contribution in [0, 0.1) is 0 Å². The van der Waals surface area contributed by atoms with Crippen molar-refractivity contribution in [3.63, 3.8) is 0 Å². The molecule has 0 aromatic carbocycles. The van der Waals surface area contributed by atoms with Crippen LogP contribution in [0.3, 0.4) is 0 Å². The molecule has 0 fully saturated rings. The van der Waals surface area contributed by atoms with Gasteiger partial charge in [0.2, 0.25) is 0 Å². The minimum absolute atomic E-state index is 0.779. The molecule has 23 heavy (non-hydrogen) atoms. The summed E-state index contributed by atoms with van der Waals surface area (Å²) in [7, 11) is 0. The first kappa shape index (κ1) is 21.6. The summed E-state index contributed by atoms with van der Waals surface area (Å²) in [6.07, 6.45) is 32.7. The third kappa shape index (κ3) is 20.6. The number of carbonyl (C=O) groups is 1. The summed E-state index contributed by atoms with van der Waals surface area (Å²) in [6, 6.07) is 0. The summed E-state index contributed by atoms with van der Waals surface area (Å²) in [5.74, 6) is 0. The van der Waals surface area contributed by atoms with E-state index in [0.717, 1.165) is 6.29 Å². The fraction of sp³-hybridized carbons (Fsp3) is 0.591. The highest BCUT2D eigenvalue weighted by atomic mass is 16.1. The quantitative estimate of drug-likeness (QED) is 0.128. The molecule has 0 heterocycles. The van der Waals surface area contributed by atoms with Crippen LogP contribution in [0.4, 0.5) is 0 Å². The van der Waals surface area contributed by atoms with Gasteiger partial charge < -0.3 is 0 Å². The van der Waals surface area contributed by atoms with Crippen LogP contribution in [0.25, 0.3) is 0 Å². The largest absolute Gasteiger partial charge is 0.299 e. The third-order valence-corrected chi connectivity index (χ3v) is 3.86. The van der Waals surface area contributed by atoms with Crippen LogP contribution >= 0.6 is 0 Å². The van der Waals surface area contributed by atoms with Crippen LogP contribution < -0.4 is 0 Å². The van der Waals surface area contributed by atoms with Crippen molar-refractivity contribution in [3.8, 4) is 0 Å². The number of aldehydes is 1. The van der Waals surface area contributed by atoms with Gasteiger partial charge in [0.25, 0.3) is 0 Å². The van der Waals surface area contributed by atoms with Gasteiger partial charge in [-0.2, -0.15) is 0 Å². The highest BCUT2D eigenvalue weighted by Gasteiger charge is 1.92. The topological polar surface area (TPSA) is 17.1 Å². The van der Waals surface area contributed by atoms with Gasteiger partial charge in [0.15, 0.2) is 0 Å². The lowest BCUT2D eigenvalue weighted by atomic mass is 10.1. The number of hydrogen-bond donors (Lipinski definition) is 0. The predicted molar refractivity (Wildman–Crippen MR) is 104 cm³/mol. The fourth-order valence-corrected chi connectivity index (χ4v) is 2.47. The van der Waals surface area contributed by atoms with Crippen LogP contribution in [0.15, 0.2) is 48.6 Å². The highest BCUT2D eigenvalue weighted by molar-refractivity contribution is 5.65. The molecule has 0 saturated carbocycles. The summed E-state index contributed by atoms with van der Waals surface area (Å²) in [4.78, 5) is 10.0. The molecule has 1 heteroatoms. The predicted octanol–water partition coefficient (Wildman–Crippen LogP) is 7.11. The second-order valence-electron chi connectivity index (χ2n) is 6.04. The van der Waals surface area contributed by atoms with Gasteiger partial charge in [0, 0.05) is 0 Å². The average Bonchev–Trinajstić information content (AvgIpc) is 2.57. The van der Waals surface area contributed by atoms with Crippen LogP contribution in [0.2, 0.25) is 0 Å². The first-order valence-electron chi connectivity index (χ1n) is 9.52. The molecular formula is C22H36O. The van der Waals surface area contributed by atoms with Crippen molar-refractivity contribution < 1.29 is 4.79 Å². The Morgan fingerprint density at radius 3 is 1.48 bits per heavy atom. The molecule has 1 nitrogen and oxygen atoms in total. The van der Waals surface area contributed by atoms with Gasteiger partial charge in [0.05, 0.1) is 0 Å². The van der Waals surface area contributed by atoms with E-state index in [1.165, 1.54) is 83.1 Å². The molecule has 0 aromatic rings. The fourth-order valence-electron chi connectivity index (χ4n) is 2.47. The molecule has 0 atom stereocenters. The van der Waals surface area contributed by atoms with E-state index in [1.807, 2.05) is 24.3 Å². The van der Waals surface area contributed by atoms with E-state index < -0.39 is 0 Å². The maximum Gasteiger partial charge on any atom is 0.142 e. The lowest BCUT2D eigenvalue weighted by Crippen LogP contribution is -1.81. The van der Waals surface area contributed by atoms with E-state index in [9.17, 15) is 4.79 Å². The minimum atomic E-state index is 0.779. The van der Waals surface area contributed by atoms with Crippen molar-refractivity contribution >= 4 is 6.29 Å². The molecular weight excluding hydrogens is 280 g/mol. The van der Waals surface area contributed by atoms with Gasteiger partial charge in [-0.1, -0.05) is 114 Å². The Hall–Kier alpha value is -1.37. The Morgan fingerprint density at radius 2 is 0.957 bits per heavy atom. The SMILES string of the molecule is CCCCCCCCCCCCC/C=C/C=C/C=C/C=C/C=O. The average molecular weight is 317 g/mol. The van der Waals surface area contributed by atoms with Crippen molar-refractivity contribution in [2.75, 3.05) is 0 Å². The number of rotatable bonds is 16. The third-order valence-electron chi connectivity index (χ3n) is 3.86. The van der Waals surface area contributed by atoms with Crippen molar-refractivity contribution in [2.24, 2.45) is 0 Å². The second kappa shape index (κ2) is 20.6. The number of allylic oxidation sites excluding steroid dienone is 8. The molecule has 0 aliphatic carbocycles. The summed E-state index contributed by atoms with van der Waals surface area (Å²) < 4.78 is 0. The second-order valence-corrected chi connectivity index (χ2v) is 6.04. The maximum absolute atomic E-state index is 10.0. The molecule has 0 aliphatic heterocycles. The van der Waals surface area contributed by atoms with Crippen LogP contribution in [0.1, 0.15) is 84.0 Å². The van der Waals surface area contributed by atoms with E-state index in [1.54, 1.807) is 6.08 Å². The van der Waals surface area contributed by atoms with Crippen LogP contribution in [0.5, 0.6) is 0 Å².